The first kappa shape index (κ1) is 15.9. The molecule has 0 bridgehead atoms. The van der Waals surface area contributed by atoms with Crippen molar-refractivity contribution in [2.24, 2.45) is 0 Å². The van der Waals surface area contributed by atoms with Crippen molar-refractivity contribution in [1.82, 2.24) is 19.9 Å². The smallest absolute Gasteiger partial charge is 0.369 e. The Hall–Kier alpha value is -2.00. The van der Waals surface area contributed by atoms with Gasteiger partial charge < -0.3 is 9.72 Å². The number of H-pyrrole nitrogens is 1. The largest absolute Gasteiger partial charge is 0.417 e. The molecule has 3 heterocycles. The van der Waals surface area contributed by atoms with E-state index in [2.05, 4.69) is 35.9 Å². The van der Waals surface area contributed by atoms with Gasteiger partial charge in [0.15, 0.2) is 5.65 Å². The molecule has 120 valence electrons. The van der Waals surface area contributed by atoms with Crippen LogP contribution in [0.5, 0.6) is 0 Å². The van der Waals surface area contributed by atoms with Crippen molar-refractivity contribution >= 4 is 27.1 Å². The second-order valence-electron chi connectivity index (χ2n) is 4.74. The van der Waals surface area contributed by atoms with Crippen LogP contribution in [0.3, 0.4) is 0 Å². The molecular formula is C14H10BrF3N4O. The number of hydrogen-bond acceptors (Lipinski definition) is 4. The van der Waals surface area contributed by atoms with Crippen LogP contribution in [0.15, 0.2) is 35.2 Å². The summed E-state index contributed by atoms with van der Waals surface area (Å²) in [5.41, 5.74) is 0.271. The van der Waals surface area contributed by atoms with E-state index in [0.717, 1.165) is 12.3 Å². The van der Waals surface area contributed by atoms with E-state index in [1.165, 1.54) is 7.11 Å². The molecule has 1 N–H and O–H groups in total. The van der Waals surface area contributed by atoms with E-state index in [1.807, 2.05) is 0 Å². The number of aromatic amines is 1. The lowest BCUT2D eigenvalue weighted by Gasteiger charge is -2.12. The Labute approximate surface area is 137 Å². The number of hydrogen-bond donors (Lipinski definition) is 1. The normalized spacial score (nSPS) is 13.4. The number of methoxy groups -OCH3 is 1. The Morgan fingerprint density at radius 2 is 2.00 bits per heavy atom. The van der Waals surface area contributed by atoms with E-state index in [0.29, 0.717) is 16.0 Å². The second-order valence-corrected chi connectivity index (χ2v) is 5.56. The number of nitrogens with zero attached hydrogens (tertiary/aromatic N) is 3. The number of rotatable bonds is 3. The minimum absolute atomic E-state index is 0.195. The van der Waals surface area contributed by atoms with E-state index >= 15 is 0 Å². The topological polar surface area (TPSA) is 63.7 Å². The van der Waals surface area contributed by atoms with Crippen LogP contribution >= 0.6 is 15.9 Å². The highest BCUT2D eigenvalue weighted by Gasteiger charge is 2.31. The monoisotopic (exact) mass is 386 g/mol. The minimum atomic E-state index is -4.46. The molecule has 0 aliphatic carbocycles. The van der Waals surface area contributed by atoms with Gasteiger partial charge in [-0.25, -0.2) is 15.0 Å². The first-order valence-corrected chi connectivity index (χ1v) is 7.25. The number of nitrogens with one attached hydrogen (secondary N) is 1. The lowest BCUT2D eigenvalue weighted by atomic mass is 10.1. The van der Waals surface area contributed by atoms with E-state index in [4.69, 9.17) is 4.74 Å². The first-order chi connectivity index (χ1) is 10.9. The van der Waals surface area contributed by atoms with Gasteiger partial charge in [-0.2, -0.15) is 13.2 Å². The highest BCUT2D eigenvalue weighted by atomic mass is 79.9. The first-order valence-electron chi connectivity index (χ1n) is 6.45. The van der Waals surface area contributed by atoms with Crippen molar-refractivity contribution in [3.8, 4) is 0 Å². The molecule has 0 saturated carbocycles. The zero-order valence-corrected chi connectivity index (χ0v) is 13.3. The summed E-state index contributed by atoms with van der Waals surface area (Å²) in [7, 11) is 1.48. The molecule has 0 saturated heterocycles. The van der Waals surface area contributed by atoms with Gasteiger partial charge in [-0.1, -0.05) is 6.07 Å². The number of alkyl halides is 3. The van der Waals surface area contributed by atoms with Crippen molar-refractivity contribution in [2.75, 3.05) is 7.11 Å². The van der Waals surface area contributed by atoms with Gasteiger partial charge in [0, 0.05) is 25.1 Å². The maximum Gasteiger partial charge on any atom is 0.417 e. The van der Waals surface area contributed by atoms with Crippen LogP contribution in [-0.2, 0) is 10.9 Å². The molecule has 0 aromatic carbocycles. The number of fused-ring (bicyclic) bond motifs is 1. The number of halogens is 4. The summed E-state index contributed by atoms with van der Waals surface area (Å²) in [6, 6.07) is 4.50. The molecule has 0 aliphatic rings. The summed E-state index contributed by atoms with van der Waals surface area (Å²) in [4.78, 5) is 14.9. The number of imidazole rings is 1. The van der Waals surface area contributed by atoms with Crippen LogP contribution in [0.2, 0.25) is 0 Å². The Kier molecular flexibility index (Phi) is 4.07. The van der Waals surface area contributed by atoms with Gasteiger partial charge in [0.25, 0.3) is 0 Å². The van der Waals surface area contributed by atoms with Crippen molar-refractivity contribution < 1.29 is 17.9 Å². The van der Waals surface area contributed by atoms with Gasteiger partial charge in [0.2, 0.25) is 0 Å². The fourth-order valence-electron chi connectivity index (χ4n) is 2.15. The summed E-state index contributed by atoms with van der Waals surface area (Å²) in [6.07, 6.45) is -2.68. The molecule has 23 heavy (non-hydrogen) atoms. The molecule has 0 aliphatic heterocycles. The van der Waals surface area contributed by atoms with Crippen LogP contribution in [0.25, 0.3) is 11.2 Å². The Bertz CT molecular complexity index is 832. The van der Waals surface area contributed by atoms with E-state index in [1.54, 1.807) is 18.3 Å². The van der Waals surface area contributed by atoms with Crippen molar-refractivity contribution in [1.29, 1.82) is 0 Å². The third-order valence-electron chi connectivity index (χ3n) is 3.22. The SMILES string of the molecule is COC(c1ccc(Br)nc1)c1nc2ncc(C(F)(F)F)cc2[nH]1. The van der Waals surface area contributed by atoms with Crippen LogP contribution in [0, 0.1) is 0 Å². The van der Waals surface area contributed by atoms with Crippen LogP contribution in [0.1, 0.15) is 23.1 Å². The van der Waals surface area contributed by atoms with Crippen LogP contribution in [0.4, 0.5) is 13.2 Å². The van der Waals surface area contributed by atoms with Gasteiger partial charge in [-0.15, -0.1) is 0 Å². The second kappa shape index (κ2) is 5.89. The minimum Gasteiger partial charge on any atom is -0.369 e. The molecule has 0 fully saturated rings. The molecule has 3 aromatic heterocycles. The van der Waals surface area contributed by atoms with Crippen molar-refractivity contribution in [3.63, 3.8) is 0 Å². The summed E-state index contributed by atoms with van der Waals surface area (Å²) in [5, 5.41) is 0. The molecule has 5 nitrogen and oxygen atoms in total. The highest BCUT2D eigenvalue weighted by Crippen LogP contribution is 2.31. The Balaban J connectivity index is 2.02. The molecule has 1 atom stereocenters. The third-order valence-corrected chi connectivity index (χ3v) is 3.69. The number of aromatic nitrogens is 4. The Morgan fingerprint density at radius 1 is 1.22 bits per heavy atom. The average Bonchev–Trinajstić information content (AvgIpc) is 2.91. The quantitative estimate of drug-likeness (QED) is 0.694. The molecule has 9 heteroatoms. The van der Waals surface area contributed by atoms with Gasteiger partial charge >= 0.3 is 6.18 Å². The van der Waals surface area contributed by atoms with E-state index in [-0.39, 0.29) is 11.2 Å². The van der Waals surface area contributed by atoms with Gasteiger partial charge in [0.05, 0.1) is 11.1 Å². The van der Waals surface area contributed by atoms with Crippen LogP contribution < -0.4 is 0 Å². The molecular weight excluding hydrogens is 377 g/mol. The van der Waals surface area contributed by atoms with Crippen molar-refractivity contribution in [2.45, 2.75) is 12.3 Å². The van der Waals surface area contributed by atoms with Crippen molar-refractivity contribution in [3.05, 3.63) is 52.1 Å². The number of ether oxygens (including phenoxy) is 1. The summed E-state index contributed by atoms with van der Waals surface area (Å²) < 4.78 is 44.3. The van der Waals surface area contributed by atoms with E-state index < -0.39 is 17.8 Å². The zero-order valence-electron chi connectivity index (χ0n) is 11.7. The molecule has 0 radical (unpaired) electrons. The lowest BCUT2D eigenvalue weighted by molar-refractivity contribution is -0.137. The molecule has 0 amide bonds. The predicted octanol–water partition coefficient (Wildman–Crippen LogP) is 3.87. The summed E-state index contributed by atoms with van der Waals surface area (Å²) >= 11 is 3.24. The fourth-order valence-corrected chi connectivity index (χ4v) is 2.38. The molecule has 1 unspecified atom stereocenters. The van der Waals surface area contributed by atoms with E-state index in [9.17, 15) is 13.2 Å². The van der Waals surface area contributed by atoms with Gasteiger partial charge in [-0.3, -0.25) is 0 Å². The highest BCUT2D eigenvalue weighted by molar-refractivity contribution is 9.10. The summed E-state index contributed by atoms with van der Waals surface area (Å²) in [6.45, 7) is 0. The maximum atomic E-state index is 12.7. The summed E-state index contributed by atoms with van der Waals surface area (Å²) in [5.74, 6) is 0.360. The maximum absolute atomic E-state index is 12.7. The molecule has 0 spiro atoms. The Morgan fingerprint density at radius 3 is 2.61 bits per heavy atom. The predicted molar refractivity (Wildman–Crippen MR) is 79.7 cm³/mol. The van der Waals surface area contributed by atoms with Gasteiger partial charge in [0.1, 0.15) is 16.5 Å². The molecule has 3 rings (SSSR count). The zero-order chi connectivity index (χ0) is 16.6. The standard InChI is InChI=1S/C14H10BrF3N4O/c1-23-11(7-2-3-10(15)19-5-7)13-21-9-4-8(14(16,17)18)6-20-12(9)22-13/h2-6,11H,1H3,(H,20,21,22). The average molecular weight is 387 g/mol. The van der Waals surface area contributed by atoms with Gasteiger partial charge in [-0.05, 0) is 28.1 Å². The number of pyridine rings is 2. The molecule has 3 aromatic rings. The van der Waals surface area contributed by atoms with Crippen LogP contribution in [-0.4, -0.2) is 27.0 Å². The third kappa shape index (κ3) is 3.20. The lowest BCUT2D eigenvalue weighted by Crippen LogP contribution is -2.06. The fraction of sp³-hybridized carbons (Fsp3) is 0.214.